The van der Waals surface area contributed by atoms with Gasteiger partial charge in [-0.1, -0.05) is 30.4 Å². The number of thioether (sulfide) groups is 1. The number of imide groups is 1. The van der Waals surface area contributed by atoms with Gasteiger partial charge in [0, 0.05) is 26.3 Å². The number of hydrogen-bond donors (Lipinski definition) is 0. The van der Waals surface area contributed by atoms with Crippen molar-refractivity contribution in [1.29, 1.82) is 0 Å². The second-order valence-electron chi connectivity index (χ2n) is 4.95. The van der Waals surface area contributed by atoms with Gasteiger partial charge in [0.2, 0.25) is 0 Å². The Balaban J connectivity index is 2.06. The van der Waals surface area contributed by atoms with Crippen LogP contribution in [0.15, 0.2) is 54.0 Å². The minimum atomic E-state index is -0.262. The van der Waals surface area contributed by atoms with Gasteiger partial charge in [-0.15, -0.1) is 6.58 Å². The lowest BCUT2D eigenvalue weighted by atomic mass is 10.2. The fourth-order valence-electron chi connectivity index (χ4n) is 1.93. The summed E-state index contributed by atoms with van der Waals surface area (Å²) in [5, 5.41) is -0.250. The Labute approximate surface area is 134 Å². The summed E-state index contributed by atoms with van der Waals surface area (Å²) in [6.45, 7) is 3.79. The molecule has 22 heavy (non-hydrogen) atoms. The third-order valence-corrected chi connectivity index (χ3v) is 4.06. The summed E-state index contributed by atoms with van der Waals surface area (Å²) < 4.78 is 0. The molecular weight excluding hydrogens is 296 g/mol. The molecule has 2 rings (SSSR count). The molecule has 1 aliphatic heterocycles. The monoisotopic (exact) mass is 314 g/mol. The third-order valence-electron chi connectivity index (χ3n) is 3.13. The number of carbonyl (C=O) groups is 2. The van der Waals surface area contributed by atoms with Gasteiger partial charge in [-0.05, 0) is 35.5 Å². The van der Waals surface area contributed by atoms with Gasteiger partial charge in [0.1, 0.15) is 0 Å². The molecule has 1 saturated heterocycles. The summed E-state index contributed by atoms with van der Waals surface area (Å²) in [4.78, 5) is 27.3. The highest BCUT2D eigenvalue weighted by Crippen LogP contribution is 2.30. The van der Waals surface area contributed by atoms with Crippen LogP contribution < -0.4 is 4.90 Å². The van der Waals surface area contributed by atoms with E-state index < -0.39 is 0 Å². The maximum atomic E-state index is 12.0. The lowest BCUT2D eigenvalue weighted by molar-refractivity contribution is -0.122. The SMILES string of the molecule is C=CCN1C(=O)SC(=CC=Cc2ccc(N(C)C)cc2)C1=O. The number of allylic oxidation sites excluding steroid dienone is 2. The average Bonchev–Trinajstić information content (AvgIpc) is 2.76. The molecule has 5 heteroatoms. The molecule has 1 aliphatic rings. The Kier molecular flexibility index (Phi) is 5.22. The number of rotatable bonds is 5. The molecule has 1 aromatic carbocycles. The molecule has 0 saturated carbocycles. The van der Waals surface area contributed by atoms with Crippen LogP contribution in [0.5, 0.6) is 0 Å². The van der Waals surface area contributed by atoms with E-state index >= 15 is 0 Å². The van der Waals surface area contributed by atoms with Gasteiger partial charge in [0.15, 0.2) is 0 Å². The van der Waals surface area contributed by atoms with Crippen molar-refractivity contribution in [3.8, 4) is 0 Å². The van der Waals surface area contributed by atoms with Crippen LogP contribution in [0.1, 0.15) is 5.56 Å². The van der Waals surface area contributed by atoms with Crippen molar-refractivity contribution < 1.29 is 9.59 Å². The summed E-state index contributed by atoms with van der Waals surface area (Å²) in [5.74, 6) is -0.262. The van der Waals surface area contributed by atoms with Crippen LogP contribution in [0.25, 0.3) is 6.08 Å². The second-order valence-corrected chi connectivity index (χ2v) is 5.94. The first-order chi connectivity index (χ1) is 10.5. The Morgan fingerprint density at radius 2 is 1.91 bits per heavy atom. The Morgan fingerprint density at radius 3 is 2.50 bits per heavy atom. The van der Waals surface area contributed by atoms with Crippen LogP contribution in [0.4, 0.5) is 10.5 Å². The zero-order valence-electron chi connectivity index (χ0n) is 12.7. The summed E-state index contributed by atoms with van der Waals surface area (Å²) >= 11 is 0.956. The molecule has 0 atom stereocenters. The summed E-state index contributed by atoms with van der Waals surface area (Å²) in [7, 11) is 3.98. The van der Waals surface area contributed by atoms with Gasteiger partial charge in [0.05, 0.1) is 4.91 Å². The molecule has 4 nitrogen and oxygen atoms in total. The fraction of sp³-hybridized carbons (Fsp3) is 0.176. The number of anilines is 1. The molecule has 0 bridgehead atoms. The predicted molar refractivity (Wildman–Crippen MR) is 92.8 cm³/mol. The van der Waals surface area contributed by atoms with E-state index in [0.29, 0.717) is 4.91 Å². The molecule has 114 valence electrons. The number of hydrogen-bond acceptors (Lipinski definition) is 4. The van der Waals surface area contributed by atoms with Crippen molar-refractivity contribution in [2.24, 2.45) is 0 Å². The molecule has 1 fully saturated rings. The number of nitrogens with zero attached hydrogens (tertiary/aromatic N) is 2. The van der Waals surface area contributed by atoms with Crippen LogP contribution in [0.2, 0.25) is 0 Å². The Hall–Kier alpha value is -2.27. The van der Waals surface area contributed by atoms with Crippen molar-refractivity contribution in [1.82, 2.24) is 4.90 Å². The van der Waals surface area contributed by atoms with E-state index in [9.17, 15) is 9.59 Å². The highest BCUT2D eigenvalue weighted by atomic mass is 32.2. The van der Waals surface area contributed by atoms with Gasteiger partial charge in [0.25, 0.3) is 11.1 Å². The molecule has 0 unspecified atom stereocenters. The van der Waals surface area contributed by atoms with Gasteiger partial charge in [-0.2, -0.15) is 0 Å². The standard InChI is InChI=1S/C17H18N2O2S/c1-4-12-19-16(20)15(22-17(19)21)7-5-6-13-8-10-14(11-9-13)18(2)3/h4-11H,1,12H2,2-3H3. The zero-order chi connectivity index (χ0) is 16.1. The lowest BCUT2D eigenvalue weighted by Crippen LogP contribution is -2.27. The molecule has 0 aliphatic carbocycles. The van der Waals surface area contributed by atoms with Gasteiger partial charge >= 0.3 is 0 Å². The van der Waals surface area contributed by atoms with Gasteiger partial charge in [-0.25, -0.2) is 0 Å². The quantitative estimate of drug-likeness (QED) is 0.616. The van der Waals surface area contributed by atoms with Gasteiger partial charge < -0.3 is 4.90 Å². The largest absolute Gasteiger partial charge is 0.378 e. The molecule has 0 radical (unpaired) electrons. The van der Waals surface area contributed by atoms with Crippen LogP contribution in [-0.4, -0.2) is 36.7 Å². The molecule has 0 aromatic heterocycles. The first-order valence-electron chi connectivity index (χ1n) is 6.83. The van der Waals surface area contributed by atoms with Gasteiger partial charge in [-0.3, -0.25) is 14.5 Å². The molecule has 0 N–H and O–H groups in total. The maximum Gasteiger partial charge on any atom is 0.293 e. The average molecular weight is 314 g/mol. The number of benzene rings is 1. The fourth-order valence-corrected chi connectivity index (χ4v) is 2.73. The first-order valence-corrected chi connectivity index (χ1v) is 7.65. The van der Waals surface area contributed by atoms with E-state index in [1.807, 2.05) is 49.3 Å². The molecule has 1 aromatic rings. The maximum absolute atomic E-state index is 12.0. The minimum absolute atomic E-state index is 0.248. The Bertz CT molecular complexity index is 645. The van der Waals surface area contributed by atoms with E-state index in [4.69, 9.17) is 0 Å². The normalized spacial score (nSPS) is 16.8. The molecule has 2 amide bonds. The highest BCUT2D eigenvalue weighted by molar-refractivity contribution is 8.18. The van der Waals surface area contributed by atoms with Crippen molar-refractivity contribution in [3.63, 3.8) is 0 Å². The predicted octanol–water partition coefficient (Wildman–Crippen LogP) is 3.53. The smallest absolute Gasteiger partial charge is 0.293 e. The zero-order valence-corrected chi connectivity index (χ0v) is 13.5. The molecule has 1 heterocycles. The van der Waals surface area contributed by atoms with E-state index in [1.165, 1.54) is 4.90 Å². The van der Waals surface area contributed by atoms with Crippen molar-refractivity contribution in [2.75, 3.05) is 25.5 Å². The molecular formula is C17H18N2O2S. The summed E-state index contributed by atoms with van der Waals surface area (Å²) in [6.07, 6.45) is 6.91. The summed E-state index contributed by atoms with van der Waals surface area (Å²) in [6, 6.07) is 8.06. The first kappa shape index (κ1) is 16.1. The van der Waals surface area contributed by atoms with Crippen molar-refractivity contribution in [2.45, 2.75) is 0 Å². The lowest BCUT2D eigenvalue weighted by Gasteiger charge is -2.11. The van der Waals surface area contributed by atoms with Crippen molar-refractivity contribution >= 4 is 34.7 Å². The van der Waals surface area contributed by atoms with Crippen LogP contribution in [-0.2, 0) is 4.79 Å². The third kappa shape index (κ3) is 3.68. The summed E-state index contributed by atoms with van der Waals surface area (Å²) in [5.41, 5.74) is 2.16. The van der Waals surface area contributed by atoms with Crippen LogP contribution >= 0.6 is 11.8 Å². The highest BCUT2D eigenvalue weighted by Gasteiger charge is 2.33. The van der Waals surface area contributed by atoms with E-state index in [0.717, 1.165) is 23.0 Å². The minimum Gasteiger partial charge on any atom is -0.378 e. The Morgan fingerprint density at radius 1 is 1.23 bits per heavy atom. The number of amides is 2. The topological polar surface area (TPSA) is 40.6 Å². The van der Waals surface area contributed by atoms with E-state index in [1.54, 1.807) is 18.2 Å². The van der Waals surface area contributed by atoms with Crippen LogP contribution in [0.3, 0.4) is 0 Å². The molecule has 0 spiro atoms. The second kappa shape index (κ2) is 7.13. The van der Waals surface area contributed by atoms with E-state index in [-0.39, 0.29) is 17.7 Å². The number of carbonyl (C=O) groups excluding carboxylic acids is 2. The van der Waals surface area contributed by atoms with Crippen molar-refractivity contribution in [3.05, 3.63) is 59.5 Å². The van der Waals surface area contributed by atoms with E-state index in [2.05, 4.69) is 6.58 Å². The van der Waals surface area contributed by atoms with Crippen LogP contribution in [0, 0.1) is 0 Å².